The van der Waals surface area contributed by atoms with Crippen molar-refractivity contribution >= 4 is 34.5 Å². The molecular formula is C19H16N4O4. The van der Waals surface area contributed by atoms with Gasteiger partial charge in [0.15, 0.2) is 0 Å². The van der Waals surface area contributed by atoms with Crippen LogP contribution in [0.3, 0.4) is 0 Å². The first-order valence-corrected chi connectivity index (χ1v) is 8.08. The Morgan fingerprint density at radius 3 is 2.70 bits per heavy atom. The van der Waals surface area contributed by atoms with E-state index in [1.807, 2.05) is 30.3 Å². The monoisotopic (exact) mass is 364 g/mol. The summed E-state index contributed by atoms with van der Waals surface area (Å²) in [6, 6.07) is 15.4. The van der Waals surface area contributed by atoms with Crippen molar-refractivity contribution in [1.29, 1.82) is 0 Å². The first-order chi connectivity index (χ1) is 13.0. The number of amides is 2. The largest absolute Gasteiger partial charge is 0.338 e. The SMILES string of the molecule is O=C(/C=C/c1cccc([N+](=O)[O-])c1)NNC(=O)Cn1ccc2ccccc21. The second-order valence-corrected chi connectivity index (χ2v) is 5.73. The number of aromatic nitrogens is 1. The number of rotatable bonds is 5. The smallest absolute Gasteiger partial charge is 0.270 e. The highest BCUT2D eigenvalue weighted by Gasteiger charge is 2.07. The van der Waals surface area contributed by atoms with Gasteiger partial charge in [0.2, 0.25) is 0 Å². The van der Waals surface area contributed by atoms with Gasteiger partial charge in [0, 0.05) is 29.9 Å². The number of nitrogens with one attached hydrogen (secondary N) is 2. The Kier molecular flexibility index (Phi) is 5.27. The molecule has 0 fully saturated rings. The minimum Gasteiger partial charge on any atom is -0.338 e. The molecule has 0 aliphatic carbocycles. The van der Waals surface area contributed by atoms with Crippen LogP contribution in [0.2, 0.25) is 0 Å². The number of hydrogen-bond acceptors (Lipinski definition) is 4. The molecule has 1 heterocycles. The van der Waals surface area contributed by atoms with Gasteiger partial charge in [-0.1, -0.05) is 30.3 Å². The van der Waals surface area contributed by atoms with Gasteiger partial charge in [0.1, 0.15) is 6.54 Å². The van der Waals surface area contributed by atoms with Crippen molar-refractivity contribution in [3.63, 3.8) is 0 Å². The fourth-order valence-electron chi connectivity index (χ4n) is 2.56. The number of para-hydroxylation sites is 1. The summed E-state index contributed by atoms with van der Waals surface area (Å²) in [7, 11) is 0. The van der Waals surface area contributed by atoms with Crippen LogP contribution in [-0.4, -0.2) is 21.3 Å². The molecule has 2 aromatic carbocycles. The van der Waals surface area contributed by atoms with Gasteiger partial charge in [-0.2, -0.15) is 0 Å². The molecule has 0 aliphatic rings. The van der Waals surface area contributed by atoms with Crippen molar-refractivity contribution in [3.8, 4) is 0 Å². The minimum atomic E-state index is -0.549. The van der Waals surface area contributed by atoms with Crippen molar-refractivity contribution < 1.29 is 14.5 Å². The van der Waals surface area contributed by atoms with Crippen molar-refractivity contribution in [1.82, 2.24) is 15.4 Å². The average Bonchev–Trinajstić information content (AvgIpc) is 3.08. The average molecular weight is 364 g/mol. The number of hydrazine groups is 1. The Morgan fingerprint density at radius 2 is 1.89 bits per heavy atom. The van der Waals surface area contributed by atoms with E-state index in [4.69, 9.17) is 0 Å². The number of nitro groups is 1. The third-order valence-corrected chi connectivity index (χ3v) is 3.83. The first kappa shape index (κ1) is 17.9. The molecule has 3 rings (SSSR count). The molecule has 0 atom stereocenters. The summed E-state index contributed by atoms with van der Waals surface area (Å²) >= 11 is 0. The minimum absolute atomic E-state index is 0.0579. The van der Waals surface area contributed by atoms with Crippen LogP contribution in [-0.2, 0) is 16.1 Å². The second kappa shape index (κ2) is 7.96. The summed E-state index contributed by atoms with van der Waals surface area (Å²) in [5.74, 6) is -0.930. The number of hydrogen-bond donors (Lipinski definition) is 2. The van der Waals surface area contributed by atoms with E-state index in [0.717, 1.165) is 10.9 Å². The van der Waals surface area contributed by atoms with Crippen LogP contribution in [0.25, 0.3) is 17.0 Å². The third-order valence-electron chi connectivity index (χ3n) is 3.83. The molecule has 1 aromatic heterocycles. The molecule has 0 spiro atoms. The molecular weight excluding hydrogens is 348 g/mol. The predicted molar refractivity (Wildman–Crippen MR) is 100 cm³/mol. The molecule has 136 valence electrons. The summed E-state index contributed by atoms with van der Waals surface area (Å²) in [6.45, 7) is 0.0579. The van der Waals surface area contributed by atoms with Crippen LogP contribution in [0, 0.1) is 10.1 Å². The van der Waals surface area contributed by atoms with E-state index < -0.39 is 10.8 Å². The lowest BCUT2D eigenvalue weighted by molar-refractivity contribution is -0.384. The zero-order valence-electron chi connectivity index (χ0n) is 14.2. The molecule has 27 heavy (non-hydrogen) atoms. The molecule has 8 nitrogen and oxygen atoms in total. The Labute approximate surface area is 154 Å². The van der Waals surface area contributed by atoms with Gasteiger partial charge in [-0.05, 0) is 29.2 Å². The summed E-state index contributed by atoms with van der Waals surface area (Å²) < 4.78 is 1.77. The van der Waals surface area contributed by atoms with Gasteiger partial charge >= 0.3 is 0 Å². The Bertz CT molecular complexity index is 1040. The Hall–Kier alpha value is -3.94. The number of non-ortho nitro benzene ring substituents is 1. The topological polar surface area (TPSA) is 106 Å². The summed E-state index contributed by atoms with van der Waals surface area (Å²) in [5.41, 5.74) is 5.97. The first-order valence-electron chi connectivity index (χ1n) is 8.08. The Balaban J connectivity index is 1.53. The fraction of sp³-hybridized carbons (Fsp3) is 0.0526. The highest BCUT2D eigenvalue weighted by Crippen LogP contribution is 2.15. The van der Waals surface area contributed by atoms with Gasteiger partial charge in [0.05, 0.1) is 4.92 Å². The molecule has 3 aromatic rings. The van der Waals surface area contributed by atoms with E-state index in [0.29, 0.717) is 5.56 Å². The van der Waals surface area contributed by atoms with E-state index in [2.05, 4.69) is 10.9 Å². The fourth-order valence-corrected chi connectivity index (χ4v) is 2.56. The standard InChI is InChI=1S/C19H16N4O4/c24-18(9-8-14-4-3-6-16(12-14)23(26)27)20-21-19(25)13-22-11-10-15-5-1-2-7-17(15)22/h1-12H,13H2,(H,20,24)(H,21,25)/b9-8+. The van der Waals surface area contributed by atoms with E-state index >= 15 is 0 Å². The molecule has 0 bridgehead atoms. The van der Waals surface area contributed by atoms with Crippen LogP contribution in [0.4, 0.5) is 5.69 Å². The van der Waals surface area contributed by atoms with E-state index in [1.54, 1.807) is 16.8 Å². The summed E-state index contributed by atoms with van der Waals surface area (Å²) in [5, 5.41) is 11.8. The van der Waals surface area contributed by atoms with Gasteiger partial charge in [-0.15, -0.1) is 0 Å². The van der Waals surface area contributed by atoms with Crippen LogP contribution < -0.4 is 10.9 Å². The van der Waals surface area contributed by atoms with Crippen molar-refractivity contribution in [2.45, 2.75) is 6.54 Å². The lowest BCUT2D eigenvalue weighted by atomic mass is 10.2. The molecule has 2 amide bonds. The van der Waals surface area contributed by atoms with Crippen molar-refractivity contribution in [3.05, 3.63) is 82.5 Å². The summed E-state index contributed by atoms with van der Waals surface area (Å²) in [4.78, 5) is 34.0. The van der Waals surface area contributed by atoms with Crippen molar-refractivity contribution in [2.24, 2.45) is 0 Å². The lowest BCUT2D eigenvalue weighted by Crippen LogP contribution is -2.42. The highest BCUT2D eigenvalue weighted by molar-refractivity contribution is 5.93. The van der Waals surface area contributed by atoms with Gasteiger partial charge < -0.3 is 4.57 Å². The summed E-state index contributed by atoms with van der Waals surface area (Å²) in [6.07, 6.45) is 4.41. The molecule has 0 radical (unpaired) electrons. The highest BCUT2D eigenvalue weighted by atomic mass is 16.6. The number of carbonyl (C=O) groups is 2. The maximum Gasteiger partial charge on any atom is 0.270 e. The lowest BCUT2D eigenvalue weighted by Gasteiger charge is -2.07. The maximum atomic E-state index is 12.0. The second-order valence-electron chi connectivity index (χ2n) is 5.73. The predicted octanol–water partition coefficient (Wildman–Crippen LogP) is 2.41. The zero-order chi connectivity index (χ0) is 19.2. The number of fused-ring (bicyclic) bond motifs is 1. The molecule has 2 N–H and O–H groups in total. The molecule has 0 aliphatic heterocycles. The van der Waals surface area contributed by atoms with E-state index in [9.17, 15) is 19.7 Å². The quantitative estimate of drug-likeness (QED) is 0.412. The van der Waals surface area contributed by atoms with Gasteiger partial charge in [-0.25, -0.2) is 0 Å². The van der Waals surface area contributed by atoms with E-state index in [-0.39, 0.29) is 18.1 Å². The normalized spacial score (nSPS) is 10.8. The zero-order valence-corrected chi connectivity index (χ0v) is 14.2. The van der Waals surface area contributed by atoms with Gasteiger partial charge in [-0.3, -0.25) is 30.6 Å². The van der Waals surface area contributed by atoms with Crippen LogP contribution in [0.15, 0.2) is 66.9 Å². The Morgan fingerprint density at radius 1 is 1.07 bits per heavy atom. The molecule has 0 unspecified atom stereocenters. The number of carbonyl (C=O) groups excluding carboxylic acids is 2. The molecule has 0 saturated heterocycles. The number of nitro benzene ring substituents is 1. The van der Waals surface area contributed by atoms with E-state index in [1.165, 1.54) is 30.4 Å². The number of benzene rings is 2. The molecule has 0 saturated carbocycles. The van der Waals surface area contributed by atoms with Crippen LogP contribution >= 0.6 is 0 Å². The molecule has 8 heteroatoms. The number of nitrogens with zero attached hydrogens (tertiary/aromatic N) is 2. The van der Waals surface area contributed by atoms with Crippen molar-refractivity contribution in [2.75, 3.05) is 0 Å². The van der Waals surface area contributed by atoms with Crippen LogP contribution in [0.5, 0.6) is 0 Å². The van der Waals surface area contributed by atoms with Gasteiger partial charge in [0.25, 0.3) is 17.5 Å². The van der Waals surface area contributed by atoms with Crippen LogP contribution in [0.1, 0.15) is 5.56 Å². The third kappa shape index (κ3) is 4.57. The maximum absolute atomic E-state index is 12.0.